The monoisotopic (exact) mass is 371 g/mol. The SMILES string of the molecule is C[C@@H](OC(=O)C1C2CC3CC(C2)CC1C3)C(=O)Nc1ccc2c(c1)OCO2. The molecule has 0 radical (unpaired) electrons. The third-order valence-electron chi connectivity index (χ3n) is 6.80. The Balaban J connectivity index is 1.20. The van der Waals surface area contributed by atoms with Crippen LogP contribution in [0.3, 0.4) is 0 Å². The van der Waals surface area contributed by atoms with E-state index in [9.17, 15) is 9.59 Å². The van der Waals surface area contributed by atoms with Gasteiger partial charge in [0.25, 0.3) is 5.91 Å². The zero-order valence-electron chi connectivity index (χ0n) is 15.5. The normalized spacial score (nSPS) is 33.6. The van der Waals surface area contributed by atoms with Gasteiger partial charge in [0.15, 0.2) is 17.6 Å². The molecule has 1 aromatic carbocycles. The third kappa shape index (κ3) is 3.05. The van der Waals surface area contributed by atoms with E-state index in [2.05, 4.69) is 5.32 Å². The summed E-state index contributed by atoms with van der Waals surface area (Å²) < 4.78 is 16.2. The van der Waals surface area contributed by atoms with Gasteiger partial charge in [-0.25, -0.2) is 0 Å². The molecule has 1 N–H and O–H groups in total. The summed E-state index contributed by atoms with van der Waals surface area (Å²) in [6, 6.07) is 5.22. The van der Waals surface area contributed by atoms with E-state index in [1.165, 1.54) is 6.42 Å². The Morgan fingerprint density at radius 3 is 2.41 bits per heavy atom. The molecule has 6 nitrogen and oxygen atoms in total. The molecule has 0 aromatic heterocycles. The maximum Gasteiger partial charge on any atom is 0.310 e. The van der Waals surface area contributed by atoms with Crippen LogP contribution < -0.4 is 14.8 Å². The number of rotatable bonds is 4. The Bertz CT molecular complexity index is 748. The highest BCUT2D eigenvalue weighted by Gasteiger charge is 2.51. The number of esters is 1. The zero-order chi connectivity index (χ0) is 18.5. The average Bonchev–Trinajstić information content (AvgIpc) is 3.08. The second-order valence-corrected chi connectivity index (χ2v) is 8.59. The number of hydrogen-bond acceptors (Lipinski definition) is 5. The molecule has 1 aliphatic heterocycles. The molecule has 6 rings (SSSR count). The first-order chi connectivity index (χ1) is 13.1. The van der Waals surface area contributed by atoms with Gasteiger partial charge in [0.1, 0.15) is 0 Å². The van der Waals surface area contributed by atoms with Crippen molar-refractivity contribution in [1.29, 1.82) is 0 Å². The smallest absolute Gasteiger partial charge is 0.310 e. The van der Waals surface area contributed by atoms with E-state index in [0.717, 1.165) is 37.5 Å². The van der Waals surface area contributed by atoms with Crippen LogP contribution in [0.4, 0.5) is 5.69 Å². The van der Waals surface area contributed by atoms with E-state index in [-0.39, 0.29) is 24.6 Å². The molecule has 5 aliphatic rings. The van der Waals surface area contributed by atoms with Gasteiger partial charge >= 0.3 is 5.97 Å². The lowest BCUT2D eigenvalue weighted by atomic mass is 9.52. The van der Waals surface area contributed by atoms with E-state index < -0.39 is 6.10 Å². The van der Waals surface area contributed by atoms with Gasteiger partial charge in [-0.3, -0.25) is 9.59 Å². The van der Waals surface area contributed by atoms with Gasteiger partial charge in [0, 0.05) is 11.8 Å². The van der Waals surface area contributed by atoms with Gasteiger partial charge in [0.05, 0.1) is 5.92 Å². The molecule has 1 atom stereocenters. The molecule has 0 unspecified atom stereocenters. The number of carbonyl (C=O) groups excluding carboxylic acids is 2. The van der Waals surface area contributed by atoms with Crippen molar-refractivity contribution >= 4 is 17.6 Å². The first kappa shape index (κ1) is 16.9. The number of fused-ring (bicyclic) bond motifs is 1. The molecular formula is C21H25NO5. The van der Waals surface area contributed by atoms with Crippen molar-refractivity contribution in [2.75, 3.05) is 12.1 Å². The summed E-state index contributed by atoms with van der Waals surface area (Å²) in [5.41, 5.74) is 0.599. The zero-order valence-corrected chi connectivity index (χ0v) is 15.5. The first-order valence-corrected chi connectivity index (χ1v) is 9.98. The molecule has 1 amide bonds. The fraction of sp³-hybridized carbons (Fsp3) is 0.619. The molecule has 1 aromatic rings. The number of anilines is 1. The Morgan fingerprint density at radius 1 is 1.04 bits per heavy atom. The third-order valence-corrected chi connectivity index (χ3v) is 6.80. The summed E-state index contributed by atoms with van der Waals surface area (Å²) in [6.45, 7) is 1.82. The molecule has 4 fully saturated rings. The fourth-order valence-corrected chi connectivity index (χ4v) is 5.83. The van der Waals surface area contributed by atoms with Gasteiger partial charge in [0.2, 0.25) is 6.79 Å². The lowest BCUT2D eigenvalue weighted by molar-refractivity contribution is -0.169. The Labute approximate surface area is 158 Å². The van der Waals surface area contributed by atoms with Crippen molar-refractivity contribution in [1.82, 2.24) is 0 Å². The van der Waals surface area contributed by atoms with Gasteiger partial charge in [-0.05, 0) is 74.8 Å². The number of ether oxygens (including phenoxy) is 3. The van der Waals surface area contributed by atoms with Crippen LogP contribution in [0.2, 0.25) is 0 Å². The number of amides is 1. The Hall–Kier alpha value is -2.24. The predicted molar refractivity (Wildman–Crippen MR) is 97.3 cm³/mol. The number of hydrogen-bond donors (Lipinski definition) is 1. The molecule has 4 saturated carbocycles. The van der Waals surface area contributed by atoms with Crippen molar-refractivity contribution in [3.63, 3.8) is 0 Å². The number of carbonyl (C=O) groups is 2. The quantitative estimate of drug-likeness (QED) is 0.822. The lowest BCUT2D eigenvalue weighted by Crippen LogP contribution is -2.49. The van der Waals surface area contributed by atoms with Crippen LogP contribution in [0.1, 0.15) is 39.0 Å². The standard InChI is InChI=1S/C21H25NO5/c1-11(20(23)22-16-2-3-17-18(9-16)26-10-25-17)27-21(24)19-14-5-12-4-13(7-14)8-15(19)6-12/h2-3,9,11-15,19H,4-8,10H2,1H3,(H,22,23)/t11-,12?,13?,14?,15?,19?/m1/s1. The van der Waals surface area contributed by atoms with Crippen LogP contribution in [-0.2, 0) is 14.3 Å². The van der Waals surface area contributed by atoms with Crippen molar-refractivity contribution in [2.45, 2.75) is 45.1 Å². The molecular weight excluding hydrogens is 346 g/mol. The minimum atomic E-state index is -0.819. The molecule has 0 saturated heterocycles. The second kappa shape index (κ2) is 6.43. The van der Waals surface area contributed by atoms with E-state index in [0.29, 0.717) is 29.0 Å². The first-order valence-electron chi connectivity index (χ1n) is 9.98. The molecule has 144 valence electrons. The molecule has 0 spiro atoms. The highest BCUT2D eigenvalue weighted by molar-refractivity contribution is 5.95. The minimum absolute atomic E-state index is 0.0152. The van der Waals surface area contributed by atoms with E-state index in [4.69, 9.17) is 14.2 Å². The van der Waals surface area contributed by atoms with Crippen LogP contribution in [0, 0.1) is 29.6 Å². The Kier molecular flexibility index (Phi) is 4.02. The molecule has 4 bridgehead atoms. The summed E-state index contributed by atoms with van der Waals surface area (Å²) >= 11 is 0. The molecule has 1 heterocycles. The topological polar surface area (TPSA) is 73.9 Å². The average molecular weight is 371 g/mol. The van der Waals surface area contributed by atoms with Gasteiger partial charge < -0.3 is 19.5 Å². The van der Waals surface area contributed by atoms with Crippen molar-refractivity contribution in [3.8, 4) is 11.5 Å². The lowest BCUT2D eigenvalue weighted by Gasteiger charge is -2.53. The second-order valence-electron chi connectivity index (χ2n) is 8.59. The maximum atomic E-state index is 12.8. The molecule has 6 heteroatoms. The van der Waals surface area contributed by atoms with Crippen LogP contribution in [-0.4, -0.2) is 24.8 Å². The van der Waals surface area contributed by atoms with E-state index in [1.807, 2.05) is 0 Å². The predicted octanol–water partition coefficient (Wildman–Crippen LogP) is 3.36. The van der Waals surface area contributed by atoms with Crippen LogP contribution in [0.15, 0.2) is 18.2 Å². The van der Waals surface area contributed by atoms with Crippen molar-refractivity contribution < 1.29 is 23.8 Å². The summed E-state index contributed by atoms with van der Waals surface area (Å²) in [5.74, 6) is 3.27. The summed E-state index contributed by atoms with van der Waals surface area (Å²) in [4.78, 5) is 25.3. The highest BCUT2D eigenvalue weighted by atomic mass is 16.7. The maximum absolute atomic E-state index is 12.8. The number of benzene rings is 1. The number of nitrogens with one attached hydrogen (secondary N) is 1. The van der Waals surface area contributed by atoms with Gasteiger partial charge in [-0.15, -0.1) is 0 Å². The highest BCUT2D eigenvalue weighted by Crippen LogP contribution is 2.56. The van der Waals surface area contributed by atoms with Crippen LogP contribution >= 0.6 is 0 Å². The van der Waals surface area contributed by atoms with Crippen LogP contribution in [0.5, 0.6) is 11.5 Å². The van der Waals surface area contributed by atoms with E-state index >= 15 is 0 Å². The summed E-state index contributed by atoms with van der Waals surface area (Å²) in [6.07, 6.45) is 5.16. The van der Waals surface area contributed by atoms with Crippen LogP contribution in [0.25, 0.3) is 0 Å². The Morgan fingerprint density at radius 2 is 1.70 bits per heavy atom. The minimum Gasteiger partial charge on any atom is -0.454 e. The van der Waals surface area contributed by atoms with Crippen molar-refractivity contribution in [2.24, 2.45) is 29.6 Å². The van der Waals surface area contributed by atoms with Gasteiger partial charge in [-0.1, -0.05) is 0 Å². The largest absolute Gasteiger partial charge is 0.454 e. The fourth-order valence-electron chi connectivity index (χ4n) is 5.83. The van der Waals surface area contributed by atoms with Crippen molar-refractivity contribution in [3.05, 3.63) is 18.2 Å². The molecule has 27 heavy (non-hydrogen) atoms. The summed E-state index contributed by atoms with van der Waals surface area (Å²) in [7, 11) is 0. The van der Waals surface area contributed by atoms with Gasteiger partial charge in [-0.2, -0.15) is 0 Å². The van der Waals surface area contributed by atoms with E-state index in [1.54, 1.807) is 25.1 Å². The summed E-state index contributed by atoms with van der Waals surface area (Å²) in [5, 5.41) is 2.79. The molecule has 4 aliphatic carbocycles.